The molecule has 0 radical (unpaired) electrons. The Morgan fingerprint density at radius 1 is 1.14 bits per heavy atom. The number of carbonyl (C=O) groups is 1. The van der Waals surface area contributed by atoms with Crippen LogP contribution in [0.2, 0.25) is 0 Å². The maximum Gasteiger partial charge on any atom is 0.340 e. The fourth-order valence-electron chi connectivity index (χ4n) is 5.81. The van der Waals surface area contributed by atoms with E-state index in [1.807, 2.05) is 33.8 Å². The van der Waals surface area contributed by atoms with Crippen molar-refractivity contribution < 1.29 is 27.4 Å². The average molecular weight is 598 g/mol. The number of aromatic nitrogens is 3. The molecule has 12 heteroatoms. The minimum atomic E-state index is -3.20. The van der Waals surface area contributed by atoms with Gasteiger partial charge in [-0.25, -0.2) is 28.2 Å². The summed E-state index contributed by atoms with van der Waals surface area (Å²) < 4.78 is 41.2. The summed E-state index contributed by atoms with van der Waals surface area (Å²) in [6.07, 6.45) is 6.24. The van der Waals surface area contributed by atoms with Crippen LogP contribution in [0.4, 0.5) is 11.6 Å². The number of nitrogens with one attached hydrogen (secondary N) is 1. The maximum atomic E-state index is 12.7. The normalized spacial score (nSPS) is 19.9. The van der Waals surface area contributed by atoms with Gasteiger partial charge >= 0.3 is 5.97 Å². The topological polar surface area (TPSA) is 156 Å². The monoisotopic (exact) mass is 597 g/mol. The molecule has 0 aromatic carbocycles. The van der Waals surface area contributed by atoms with Crippen molar-refractivity contribution in [2.24, 2.45) is 5.73 Å². The highest BCUT2D eigenvalue weighted by Crippen LogP contribution is 2.59. The lowest BCUT2D eigenvalue weighted by atomic mass is 9.80. The SMILES string of the molecule is COC[C@@](C)(N)c1cnc(O[C@H](C)C[C@@H](C)S(C)(=O)=O)c2cnc(Nc3ccc4c(n3)C3(CC3)C(C)(C)OC4=O)cc12. The van der Waals surface area contributed by atoms with Crippen molar-refractivity contribution in [1.29, 1.82) is 0 Å². The van der Waals surface area contributed by atoms with Gasteiger partial charge in [-0.15, -0.1) is 0 Å². The molecule has 0 bridgehead atoms. The Hall–Kier alpha value is -3.35. The van der Waals surface area contributed by atoms with Gasteiger partial charge < -0.3 is 25.3 Å². The molecule has 1 fully saturated rings. The number of cyclic esters (lactones) is 1. The smallest absolute Gasteiger partial charge is 0.340 e. The summed E-state index contributed by atoms with van der Waals surface area (Å²) in [6.45, 7) is 9.47. The van der Waals surface area contributed by atoms with Crippen molar-refractivity contribution in [3.63, 3.8) is 0 Å². The zero-order valence-electron chi connectivity index (χ0n) is 25.1. The molecule has 0 amide bonds. The van der Waals surface area contributed by atoms with Crippen LogP contribution < -0.4 is 15.8 Å². The number of nitrogens with zero attached hydrogens (tertiary/aromatic N) is 3. The molecule has 3 aromatic rings. The molecule has 0 saturated heterocycles. The molecule has 42 heavy (non-hydrogen) atoms. The summed E-state index contributed by atoms with van der Waals surface area (Å²) in [6, 6.07) is 5.35. The molecule has 2 aliphatic rings. The summed E-state index contributed by atoms with van der Waals surface area (Å²) in [5.74, 6) is 1.04. The van der Waals surface area contributed by atoms with Gasteiger partial charge in [0.25, 0.3) is 0 Å². The van der Waals surface area contributed by atoms with Crippen LogP contribution in [0.25, 0.3) is 10.8 Å². The molecule has 4 heterocycles. The van der Waals surface area contributed by atoms with Crippen LogP contribution in [-0.2, 0) is 30.3 Å². The van der Waals surface area contributed by atoms with Gasteiger partial charge in [-0.3, -0.25) is 0 Å². The highest BCUT2D eigenvalue weighted by atomic mass is 32.2. The van der Waals surface area contributed by atoms with Gasteiger partial charge in [0.15, 0.2) is 0 Å². The number of anilines is 2. The number of rotatable bonds is 10. The fourth-order valence-corrected chi connectivity index (χ4v) is 6.43. The molecule has 1 spiro atoms. The standard InChI is InChI=1S/C30H39N5O6S/c1-17(12-18(2)42(7,37)38)40-26-21-14-32-24(13-20(21)22(15-33-26)29(5,31)16-39-6)34-23-9-8-19-25(35-23)30(10-11-30)28(3,4)41-27(19)36/h8-9,13-15,17-18H,10-12,16,31H2,1-7H3,(H,32,34,35)/t17-,18-,29-/m1/s1. The predicted molar refractivity (Wildman–Crippen MR) is 160 cm³/mol. The van der Waals surface area contributed by atoms with Gasteiger partial charge in [-0.1, -0.05) is 0 Å². The lowest BCUT2D eigenvalue weighted by Crippen LogP contribution is -2.46. The third-order valence-corrected chi connectivity index (χ3v) is 10.2. The van der Waals surface area contributed by atoms with Crippen LogP contribution >= 0.6 is 0 Å². The van der Waals surface area contributed by atoms with E-state index in [9.17, 15) is 13.2 Å². The number of esters is 1. The minimum absolute atomic E-state index is 0.248. The second kappa shape index (κ2) is 10.4. The van der Waals surface area contributed by atoms with Gasteiger partial charge in [0.1, 0.15) is 27.1 Å². The van der Waals surface area contributed by atoms with E-state index in [1.165, 1.54) is 6.26 Å². The van der Waals surface area contributed by atoms with Crippen molar-refractivity contribution in [2.75, 3.05) is 25.3 Å². The largest absolute Gasteiger partial charge is 0.474 e. The van der Waals surface area contributed by atoms with Gasteiger partial charge in [-0.2, -0.15) is 0 Å². The van der Waals surface area contributed by atoms with Crippen LogP contribution in [0.3, 0.4) is 0 Å². The van der Waals surface area contributed by atoms with Crippen molar-refractivity contribution in [2.45, 2.75) is 81.8 Å². The number of sulfone groups is 1. The van der Waals surface area contributed by atoms with E-state index < -0.39 is 32.3 Å². The van der Waals surface area contributed by atoms with Crippen molar-refractivity contribution >= 4 is 38.2 Å². The third-order valence-electron chi connectivity index (χ3n) is 8.58. The van der Waals surface area contributed by atoms with E-state index in [-0.39, 0.29) is 18.0 Å². The van der Waals surface area contributed by atoms with Gasteiger partial charge in [0.2, 0.25) is 5.88 Å². The van der Waals surface area contributed by atoms with Gasteiger partial charge in [0, 0.05) is 37.7 Å². The molecule has 0 unspecified atom stereocenters. The molecule has 3 atom stereocenters. The summed E-state index contributed by atoms with van der Waals surface area (Å²) in [4.78, 5) is 26.7. The Labute approximate surface area is 246 Å². The van der Waals surface area contributed by atoms with E-state index in [2.05, 4.69) is 15.3 Å². The van der Waals surface area contributed by atoms with E-state index >= 15 is 0 Å². The zero-order chi connectivity index (χ0) is 30.7. The third kappa shape index (κ3) is 5.43. The summed E-state index contributed by atoms with van der Waals surface area (Å²) in [7, 11) is -1.62. The summed E-state index contributed by atoms with van der Waals surface area (Å²) >= 11 is 0. The molecule has 3 aromatic heterocycles. The first-order valence-corrected chi connectivity index (χ1v) is 16.0. The molecule has 1 aliphatic heterocycles. The first kappa shape index (κ1) is 30.1. The Morgan fingerprint density at radius 3 is 2.50 bits per heavy atom. The summed E-state index contributed by atoms with van der Waals surface area (Å²) in [5, 5.41) is 4.11. The quantitative estimate of drug-likeness (QED) is 0.324. The van der Waals surface area contributed by atoms with E-state index in [0.29, 0.717) is 34.9 Å². The second-order valence-corrected chi connectivity index (χ2v) is 14.9. The van der Waals surface area contributed by atoms with Gasteiger partial charge in [0.05, 0.1) is 45.6 Å². The van der Waals surface area contributed by atoms with E-state index in [1.54, 1.807) is 38.6 Å². The molecular weight excluding hydrogens is 558 g/mol. The molecule has 5 rings (SSSR count). The van der Waals surface area contributed by atoms with Crippen LogP contribution in [0, 0.1) is 0 Å². The number of carbonyl (C=O) groups excluding carboxylic acids is 1. The Morgan fingerprint density at radius 2 is 1.86 bits per heavy atom. The lowest BCUT2D eigenvalue weighted by molar-refractivity contribution is -0.0285. The van der Waals surface area contributed by atoms with Crippen molar-refractivity contribution in [3.05, 3.63) is 47.4 Å². The molecule has 11 nitrogen and oxygen atoms in total. The number of hydrogen-bond acceptors (Lipinski definition) is 11. The first-order chi connectivity index (χ1) is 19.6. The van der Waals surface area contributed by atoms with Gasteiger partial charge in [-0.05, 0) is 71.0 Å². The summed E-state index contributed by atoms with van der Waals surface area (Å²) in [5.41, 5.74) is 6.85. The Balaban J connectivity index is 1.51. The number of methoxy groups -OCH3 is 1. The molecule has 1 saturated carbocycles. The van der Waals surface area contributed by atoms with Crippen LogP contribution in [0.15, 0.2) is 30.6 Å². The highest BCUT2D eigenvalue weighted by molar-refractivity contribution is 7.91. The van der Waals surface area contributed by atoms with Crippen molar-refractivity contribution in [3.8, 4) is 5.88 Å². The molecular formula is C30H39N5O6S. The molecule has 3 N–H and O–H groups in total. The highest BCUT2D eigenvalue weighted by Gasteiger charge is 2.63. The molecule has 226 valence electrons. The number of pyridine rings is 3. The number of fused-ring (bicyclic) bond motifs is 3. The predicted octanol–water partition coefficient (Wildman–Crippen LogP) is 4.16. The average Bonchev–Trinajstić information content (AvgIpc) is 3.69. The Bertz CT molecular complexity index is 1650. The number of ether oxygens (including phenoxy) is 3. The van der Waals surface area contributed by atoms with Crippen LogP contribution in [-0.4, -0.2) is 66.3 Å². The first-order valence-electron chi connectivity index (χ1n) is 14.0. The molecule has 1 aliphatic carbocycles. The number of hydrogen-bond donors (Lipinski definition) is 2. The van der Waals surface area contributed by atoms with E-state index in [4.69, 9.17) is 24.9 Å². The zero-order valence-corrected chi connectivity index (χ0v) is 26.0. The second-order valence-electron chi connectivity index (χ2n) is 12.4. The van der Waals surface area contributed by atoms with Crippen molar-refractivity contribution in [1.82, 2.24) is 15.0 Å². The minimum Gasteiger partial charge on any atom is -0.474 e. The number of nitrogens with two attached hydrogens (primary N) is 1. The van der Waals surface area contributed by atoms with Crippen LogP contribution in [0.1, 0.15) is 75.5 Å². The fraction of sp³-hybridized carbons (Fsp3) is 0.533. The van der Waals surface area contributed by atoms with Crippen LogP contribution in [0.5, 0.6) is 5.88 Å². The lowest BCUT2D eigenvalue weighted by Gasteiger charge is -2.39. The Kier molecular flexibility index (Phi) is 7.48. The van der Waals surface area contributed by atoms with E-state index in [0.717, 1.165) is 29.5 Å². The maximum absolute atomic E-state index is 12.7.